The predicted molar refractivity (Wildman–Crippen MR) is 200 cm³/mol. The van der Waals surface area contributed by atoms with Gasteiger partial charge < -0.3 is 9.67 Å². The molecule has 0 saturated carbocycles. The first-order chi connectivity index (χ1) is 22.0. The van der Waals surface area contributed by atoms with Crippen molar-refractivity contribution in [1.82, 2.24) is 19.5 Å². The van der Waals surface area contributed by atoms with Crippen molar-refractivity contribution in [2.45, 2.75) is 72.0 Å². The van der Waals surface area contributed by atoms with Crippen molar-refractivity contribution in [3.63, 3.8) is 0 Å². The van der Waals surface area contributed by atoms with Crippen molar-refractivity contribution in [1.29, 1.82) is 0 Å². The molecule has 6 aromatic rings. The van der Waals surface area contributed by atoms with Crippen LogP contribution in [-0.2, 0) is 17.9 Å². The zero-order chi connectivity index (χ0) is 33.9. The summed E-state index contributed by atoms with van der Waals surface area (Å²) >= 11 is 0. The molecule has 0 spiro atoms. The van der Waals surface area contributed by atoms with Crippen LogP contribution in [-0.4, -0.2) is 32.7 Å². The third-order valence-electron chi connectivity index (χ3n) is 9.10. The summed E-state index contributed by atoms with van der Waals surface area (Å²) in [4.78, 5) is 14.9. The maximum absolute atomic E-state index is 11.7. The second-order valence-corrected chi connectivity index (χ2v) is 20.9. The van der Waals surface area contributed by atoms with Crippen LogP contribution in [0.4, 0.5) is 0 Å². The average molecular weight is 639 g/mol. The van der Waals surface area contributed by atoms with Crippen LogP contribution in [0.5, 0.6) is 5.75 Å². The number of aromatic nitrogens is 4. The van der Waals surface area contributed by atoms with Gasteiger partial charge in [0.1, 0.15) is 17.1 Å². The lowest BCUT2D eigenvalue weighted by atomic mass is 9.79. The molecule has 0 aliphatic rings. The molecule has 0 aliphatic carbocycles. The smallest absolute Gasteiger partial charge is 0.144 e. The maximum atomic E-state index is 11.7. The summed E-state index contributed by atoms with van der Waals surface area (Å²) in [5.74, 6) is 0.992. The summed E-state index contributed by atoms with van der Waals surface area (Å²) in [6, 6.07) is 25.7. The lowest BCUT2D eigenvalue weighted by molar-refractivity contribution is 0.446. The highest BCUT2D eigenvalue weighted by molar-refractivity contribution is 6.88. The van der Waals surface area contributed by atoms with Gasteiger partial charge >= 0.3 is 0 Å². The standard InChI is InChI=1S/C41H46N4OSi/c1-40(2,3)30-21-32(38(46)34(22-30)41(4,5)6)39-44-37-33(24-42-25-36(37)45(39)7)28-18-27(26-14-12-11-13-15-26)19-29(20-28)35-17-16-31(23-43-35)47(8,9)10/h11-25,46H,1-10H3. The van der Waals surface area contributed by atoms with Gasteiger partial charge in [0.25, 0.3) is 0 Å². The molecular formula is C41H46N4OSi. The van der Waals surface area contributed by atoms with Crippen molar-refractivity contribution in [2.75, 3.05) is 0 Å². The molecule has 0 amide bonds. The van der Waals surface area contributed by atoms with Crippen LogP contribution in [0.15, 0.2) is 91.4 Å². The number of phenolic OH excluding ortho intramolecular Hbond substituents is 1. The number of benzene rings is 3. The topological polar surface area (TPSA) is 63.8 Å². The van der Waals surface area contributed by atoms with E-state index in [0.29, 0.717) is 5.82 Å². The lowest BCUT2D eigenvalue weighted by Gasteiger charge is -2.27. The fraction of sp³-hybridized carbons (Fsp3) is 0.293. The SMILES string of the molecule is Cn1c(-c2cc(C(C)(C)C)cc(C(C)(C)C)c2O)nc2c(-c3cc(-c4ccccc4)cc(-c4ccc([Si](C)(C)C)cn4)c3)cncc21. The van der Waals surface area contributed by atoms with E-state index < -0.39 is 8.07 Å². The number of imidazole rings is 1. The van der Waals surface area contributed by atoms with Crippen molar-refractivity contribution in [2.24, 2.45) is 7.05 Å². The molecule has 5 nitrogen and oxygen atoms in total. The van der Waals surface area contributed by atoms with Gasteiger partial charge in [-0.2, -0.15) is 0 Å². The van der Waals surface area contributed by atoms with Gasteiger partial charge in [0, 0.05) is 36.1 Å². The normalized spacial score (nSPS) is 12.6. The molecule has 3 aromatic heterocycles. The van der Waals surface area contributed by atoms with Crippen LogP contribution in [0.1, 0.15) is 52.7 Å². The second kappa shape index (κ2) is 11.6. The van der Waals surface area contributed by atoms with Gasteiger partial charge in [0.15, 0.2) is 0 Å². The number of pyridine rings is 2. The number of phenols is 1. The van der Waals surface area contributed by atoms with Crippen LogP contribution < -0.4 is 5.19 Å². The molecule has 0 saturated heterocycles. The van der Waals surface area contributed by atoms with E-state index in [4.69, 9.17) is 15.0 Å². The molecule has 0 unspecified atom stereocenters. The van der Waals surface area contributed by atoms with Crippen molar-refractivity contribution in [3.8, 4) is 50.6 Å². The maximum Gasteiger partial charge on any atom is 0.144 e. The monoisotopic (exact) mass is 638 g/mol. The first kappa shape index (κ1) is 32.4. The third-order valence-corrected chi connectivity index (χ3v) is 11.1. The Balaban J connectivity index is 1.58. The Morgan fingerprint density at radius 2 is 1.36 bits per heavy atom. The Bertz CT molecular complexity index is 2090. The first-order valence-electron chi connectivity index (χ1n) is 16.4. The van der Waals surface area contributed by atoms with Crippen molar-refractivity contribution >= 4 is 24.3 Å². The Hall–Kier alpha value is -4.55. The van der Waals surface area contributed by atoms with Gasteiger partial charge in [-0.05, 0) is 68.6 Å². The molecule has 47 heavy (non-hydrogen) atoms. The summed E-state index contributed by atoms with van der Waals surface area (Å²) in [6.07, 6.45) is 5.82. The summed E-state index contributed by atoms with van der Waals surface area (Å²) in [5, 5.41) is 13.1. The van der Waals surface area contributed by atoms with Gasteiger partial charge in [-0.3, -0.25) is 9.97 Å². The molecule has 0 fully saturated rings. The lowest BCUT2D eigenvalue weighted by Crippen LogP contribution is -2.37. The highest BCUT2D eigenvalue weighted by Crippen LogP contribution is 2.43. The molecule has 240 valence electrons. The van der Waals surface area contributed by atoms with E-state index in [1.807, 2.05) is 31.7 Å². The van der Waals surface area contributed by atoms with Gasteiger partial charge in [0.05, 0.1) is 31.0 Å². The number of hydrogen-bond acceptors (Lipinski definition) is 4. The minimum absolute atomic E-state index is 0.102. The van der Waals surface area contributed by atoms with Gasteiger partial charge in [-0.25, -0.2) is 4.98 Å². The quantitative estimate of drug-likeness (QED) is 0.191. The van der Waals surface area contributed by atoms with E-state index >= 15 is 0 Å². The van der Waals surface area contributed by atoms with E-state index in [1.165, 1.54) is 5.19 Å². The van der Waals surface area contributed by atoms with Crippen molar-refractivity contribution in [3.05, 3.63) is 103 Å². The number of rotatable bonds is 5. The summed E-state index contributed by atoms with van der Waals surface area (Å²) in [7, 11) is 0.528. The largest absolute Gasteiger partial charge is 0.507 e. The van der Waals surface area contributed by atoms with Crippen molar-refractivity contribution < 1.29 is 5.11 Å². The highest BCUT2D eigenvalue weighted by atomic mass is 28.3. The summed E-state index contributed by atoms with van der Waals surface area (Å²) in [5.41, 5.74) is 10.4. The van der Waals surface area contributed by atoms with Crippen LogP contribution in [0.3, 0.4) is 0 Å². The number of fused-ring (bicyclic) bond motifs is 1. The fourth-order valence-corrected chi connectivity index (χ4v) is 7.13. The minimum atomic E-state index is -1.48. The Morgan fingerprint density at radius 3 is 1.98 bits per heavy atom. The number of aromatic hydroxyl groups is 1. The average Bonchev–Trinajstić information content (AvgIpc) is 3.36. The van der Waals surface area contributed by atoms with Gasteiger partial charge in [0.2, 0.25) is 0 Å². The van der Waals surface area contributed by atoms with E-state index in [0.717, 1.165) is 61.2 Å². The fourth-order valence-electron chi connectivity index (χ4n) is 6.10. The first-order valence-corrected chi connectivity index (χ1v) is 19.9. The summed E-state index contributed by atoms with van der Waals surface area (Å²) in [6.45, 7) is 20.1. The van der Waals surface area contributed by atoms with Gasteiger partial charge in [-0.15, -0.1) is 0 Å². The molecule has 6 heteroatoms. The van der Waals surface area contributed by atoms with E-state index in [9.17, 15) is 5.11 Å². The highest BCUT2D eigenvalue weighted by Gasteiger charge is 2.28. The predicted octanol–water partition coefficient (Wildman–Crippen LogP) is 9.88. The summed E-state index contributed by atoms with van der Waals surface area (Å²) < 4.78 is 2.05. The van der Waals surface area contributed by atoms with E-state index in [1.54, 1.807) is 0 Å². The minimum Gasteiger partial charge on any atom is -0.507 e. The molecular weight excluding hydrogens is 593 g/mol. The second-order valence-electron chi connectivity index (χ2n) is 15.8. The number of hydrogen-bond donors (Lipinski definition) is 1. The molecule has 3 heterocycles. The third kappa shape index (κ3) is 6.27. The number of nitrogens with zero attached hydrogens (tertiary/aromatic N) is 4. The molecule has 0 bridgehead atoms. The zero-order valence-corrected chi connectivity index (χ0v) is 30.4. The van der Waals surface area contributed by atoms with Crippen LogP contribution in [0.25, 0.3) is 55.9 Å². The Labute approximate surface area is 280 Å². The molecule has 3 aromatic carbocycles. The Kier molecular flexibility index (Phi) is 8.00. The number of aryl methyl sites for hydroxylation is 1. The van der Waals surface area contributed by atoms with E-state index in [2.05, 4.69) is 132 Å². The van der Waals surface area contributed by atoms with Gasteiger partial charge in [-0.1, -0.05) is 104 Å². The molecule has 6 rings (SSSR count). The zero-order valence-electron chi connectivity index (χ0n) is 29.4. The van der Waals surface area contributed by atoms with Crippen LogP contribution in [0, 0.1) is 0 Å². The molecule has 0 atom stereocenters. The Morgan fingerprint density at radius 1 is 0.681 bits per heavy atom. The molecule has 0 radical (unpaired) electrons. The van der Waals surface area contributed by atoms with E-state index in [-0.39, 0.29) is 16.6 Å². The van der Waals surface area contributed by atoms with Crippen LogP contribution in [0.2, 0.25) is 19.6 Å². The molecule has 0 aliphatic heterocycles. The van der Waals surface area contributed by atoms with Crippen LogP contribution >= 0.6 is 0 Å². The molecule has 1 N–H and O–H groups in total.